The van der Waals surface area contributed by atoms with Gasteiger partial charge in [-0.3, -0.25) is 14.9 Å². The van der Waals surface area contributed by atoms with E-state index in [1.807, 2.05) is 18.2 Å². The first kappa shape index (κ1) is 26.7. The second kappa shape index (κ2) is 11.9. The average molecular weight is 547 g/mol. The first-order chi connectivity index (χ1) is 19.9. The second-order valence-electron chi connectivity index (χ2n) is 8.66. The van der Waals surface area contributed by atoms with Gasteiger partial charge in [0, 0.05) is 23.3 Å². The number of esters is 1. The monoisotopic (exact) mass is 546 g/mol. The number of nitro groups is 1. The largest absolute Gasteiger partial charge is 0.497 e. The zero-order valence-corrected chi connectivity index (χ0v) is 21.7. The molecule has 0 atom stereocenters. The third-order valence-corrected chi connectivity index (χ3v) is 6.05. The Kier molecular flexibility index (Phi) is 7.73. The summed E-state index contributed by atoms with van der Waals surface area (Å²) >= 11 is 0. The molecule has 0 N–H and O–H groups in total. The van der Waals surface area contributed by atoms with Crippen LogP contribution in [0.5, 0.6) is 11.5 Å². The van der Waals surface area contributed by atoms with Crippen molar-refractivity contribution in [2.24, 2.45) is 5.10 Å². The van der Waals surface area contributed by atoms with Gasteiger partial charge in [0.05, 0.1) is 29.2 Å². The molecule has 0 amide bonds. The maximum absolute atomic E-state index is 13.4. The summed E-state index contributed by atoms with van der Waals surface area (Å²) in [6.07, 6.45) is 3.90. The predicted octanol–water partition coefficient (Wildman–Crippen LogP) is 5.48. The number of carbonyl (C=O) groups excluding carboxylic acids is 1. The number of carbonyl (C=O) groups is 1. The van der Waals surface area contributed by atoms with Gasteiger partial charge in [-0.15, -0.1) is 0 Å². The fourth-order valence-electron chi connectivity index (χ4n) is 4.04. The molecule has 0 saturated heterocycles. The van der Waals surface area contributed by atoms with Crippen LogP contribution in [0.15, 0.2) is 113 Å². The quantitative estimate of drug-likeness (QED) is 0.0630. The van der Waals surface area contributed by atoms with Crippen molar-refractivity contribution in [2.45, 2.75) is 0 Å². The molecule has 0 bridgehead atoms. The minimum absolute atomic E-state index is 0.115. The molecular formula is C31H22N4O6. The van der Waals surface area contributed by atoms with Gasteiger partial charge in [0.15, 0.2) is 5.82 Å². The summed E-state index contributed by atoms with van der Waals surface area (Å²) in [7, 11) is 1.55. The molecule has 10 nitrogen and oxygen atoms in total. The van der Waals surface area contributed by atoms with Crippen LogP contribution in [0.25, 0.3) is 28.4 Å². The van der Waals surface area contributed by atoms with E-state index in [1.165, 1.54) is 30.5 Å². The Morgan fingerprint density at radius 1 is 0.951 bits per heavy atom. The first-order valence-corrected chi connectivity index (χ1v) is 12.4. The number of fused-ring (bicyclic) bond motifs is 1. The van der Waals surface area contributed by atoms with Crippen LogP contribution in [-0.2, 0) is 4.79 Å². The lowest BCUT2D eigenvalue weighted by Crippen LogP contribution is -2.20. The van der Waals surface area contributed by atoms with Crippen LogP contribution in [0.2, 0.25) is 0 Å². The van der Waals surface area contributed by atoms with E-state index in [2.05, 4.69) is 10.1 Å². The third kappa shape index (κ3) is 5.91. The number of nitrogens with zero attached hydrogens (tertiary/aromatic N) is 4. The highest BCUT2D eigenvalue weighted by Crippen LogP contribution is 2.30. The lowest BCUT2D eigenvalue weighted by atomic mass is 10.2. The molecule has 4 aromatic carbocycles. The number of para-hydroxylation sites is 2. The number of aromatic nitrogens is 2. The minimum atomic E-state index is -0.834. The van der Waals surface area contributed by atoms with Crippen LogP contribution >= 0.6 is 0 Å². The topological polar surface area (TPSA) is 126 Å². The number of nitro benzene ring substituents is 1. The first-order valence-electron chi connectivity index (χ1n) is 12.4. The molecule has 0 saturated carbocycles. The Morgan fingerprint density at radius 3 is 2.41 bits per heavy atom. The SMILES string of the molecule is COc1ccc(/C=C/C(=O)Oc2c(C=Nn3c(-c4ccccc4)nc4ccccc4c3=O)cccc2[N+](=O)[O-])cc1. The lowest BCUT2D eigenvalue weighted by Gasteiger charge is -2.10. The molecule has 0 fully saturated rings. The molecule has 0 aliphatic rings. The normalized spacial score (nSPS) is 11.2. The molecule has 10 heteroatoms. The van der Waals surface area contributed by atoms with Gasteiger partial charge in [-0.1, -0.05) is 60.7 Å². The summed E-state index contributed by atoms with van der Waals surface area (Å²) in [5.41, 5.74) is 1.08. The Labute approximate surface area is 233 Å². The fourth-order valence-corrected chi connectivity index (χ4v) is 4.04. The Bertz CT molecular complexity index is 1860. The van der Waals surface area contributed by atoms with Gasteiger partial charge in [0.2, 0.25) is 5.75 Å². The summed E-state index contributed by atoms with van der Waals surface area (Å²) in [5.74, 6) is -0.213. The molecule has 0 radical (unpaired) electrons. The van der Waals surface area contributed by atoms with Gasteiger partial charge in [-0.05, 0) is 42.0 Å². The molecule has 5 aromatic rings. The number of ether oxygens (including phenoxy) is 2. The van der Waals surface area contributed by atoms with Crippen LogP contribution in [-0.4, -0.2) is 33.9 Å². The maximum Gasteiger partial charge on any atom is 0.336 e. The third-order valence-electron chi connectivity index (χ3n) is 6.05. The predicted molar refractivity (Wildman–Crippen MR) is 155 cm³/mol. The number of rotatable bonds is 8. The second-order valence-corrected chi connectivity index (χ2v) is 8.66. The molecule has 1 heterocycles. The van der Waals surface area contributed by atoms with E-state index in [0.29, 0.717) is 27.8 Å². The Morgan fingerprint density at radius 2 is 1.68 bits per heavy atom. The van der Waals surface area contributed by atoms with E-state index in [-0.39, 0.29) is 17.1 Å². The van der Waals surface area contributed by atoms with Crippen molar-refractivity contribution in [3.63, 3.8) is 0 Å². The van der Waals surface area contributed by atoms with E-state index < -0.39 is 22.1 Å². The smallest absolute Gasteiger partial charge is 0.336 e. The molecular weight excluding hydrogens is 524 g/mol. The van der Waals surface area contributed by atoms with Gasteiger partial charge in [0.25, 0.3) is 5.56 Å². The van der Waals surface area contributed by atoms with Crippen LogP contribution in [0.1, 0.15) is 11.1 Å². The fraction of sp³-hybridized carbons (Fsp3) is 0.0323. The molecule has 0 aliphatic heterocycles. The van der Waals surface area contributed by atoms with Crippen LogP contribution in [0.4, 0.5) is 5.69 Å². The van der Waals surface area contributed by atoms with E-state index in [1.54, 1.807) is 67.8 Å². The molecule has 5 rings (SSSR count). The van der Waals surface area contributed by atoms with E-state index >= 15 is 0 Å². The van der Waals surface area contributed by atoms with Crippen molar-refractivity contribution in [1.82, 2.24) is 9.66 Å². The summed E-state index contributed by atoms with van der Waals surface area (Å²) in [6.45, 7) is 0. The highest BCUT2D eigenvalue weighted by atomic mass is 16.6. The number of hydrogen-bond acceptors (Lipinski definition) is 8. The number of hydrogen-bond donors (Lipinski definition) is 0. The van der Waals surface area contributed by atoms with Gasteiger partial charge in [-0.2, -0.15) is 9.78 Å². The molecule has 202 valence electrons. The standard InChI is InChI=1S/C31H22N4O6/c1-40-24-17-14-21(15-18-24)16-19-28(36)41-29-23(10-7-13-27(29)35(38)39)20-32-34-30(22-8-3-2-4-9-22)33-26-12-6-5-11-25(26)31(34)37/h2-20H,1H3/b19-16+,32-20?. The van der Waals surface area contributed by atoms with Crippen molar-refractivity contribution in [2.75, 3.05) is 7.11 Å². The summed E-state index contributed by atoms with van der Waals surface area (Å²) in [5, 5.41) is 16.5. The van der Waals surface area contributed by atoms with E-state index in [4.69, 9.17) is 9.47 Å². The Hall–Kier alpha value is -5.90. The molecule has 0 unspecified atom stereocenters. The zero-order chi connectivity index (χ0) is 28.8. The van der Waals surface area contributed by atoms with Crippen molar-refractivity contribution in [3.05, 3.63) is 135 Å². The highest BCUT2D eigenvalue weighted by molar-refractivity contribution is 5.93. The summed E-state index contributed by atoms with van der Waals surface area (Å²) in [4.78, 5) is 41.9. The average Bonchev–Trinajstić information content (AvgIpc) is 3.00. The summed E-state index contributed by atoms with van der Waals surface area (Å²) < 4.78 is 11.7. The zero-order valence-electron chi connectivity index (χ0n) is 21.7. The van der Waals surface area contributed by atoms with Crippen molar-refractivity contribution in [3.8, 4) is 22.9 Å². The number of benzene rings is 4. The lowest BCUT2D eigenvalue weighted by molar-refractivity contribution is -0.385. The highest BCUT2D eigenvalue weighted by Gasteiger charge is 2.21. The van der Waals surface area contributed by atoms with Crippen LogP contribution in [0.3, 0.4) is 0 Å². The maximum atomic E-state index is 13.4. The van der Waals surface area contributed by atoms with Gasteiger partial charge >= 0.3 is 11.7 Å². The number of methoxy groups -OCH3 is 1. The molecule has 0 spiro atoms. The molecule has 0 aliphatic carbocycles. The van der Waals surface area contributed by atoms with E-state index in [9.17, 15) is 19.7 Å². The summed E-state index contributed by atoms with van der Waals surface area (Å²) in [6, 6.07) is 27.0. The van der Waals surface area contributed by atoms with Crippen molar-refractivity contribution >= 4 is 34.9 Å². The minimum Gasteiger partial charge on any atom is -0.497 e. The van der Waals surface area contributed by atoms with E-state index in [0.717, 1.165) is 10.8 Å². The van der Waals surface area contributed by atoms with Crippen molar-refractivity contribution < 1.29 is 19.2 Å². The van der Waals surface area contributed by atoms with Crippen LogP contribution < -0.4 is 15.0 Å². The molecule has 41 heavy (non-hydrogen) atoms. The van der Waals surface area contributed by atoms with Gasteiger partial charge < -0.3 is 9.47 Å². The van der Waals surface area contributed by atoms with Gasteiger partial charge in [-0.25, -0.2) is 9.78 Å². The Balaban J connectivity index is 1.54. The van der Waals surface area contributed by atoms with Crippen molar-refractivity contribution in [1.29, 1.82) is 0 Å². The van der Waals surface area contributed by atoms with Crippen LogP contribution in [0, 0.1) is 10.1 Å². The van der Waals surface area contributed by atoms with Gasteiger partial charge in [0.1, 0.15) is 5.75 Å². The molecule has 1 aromatic heterocycles.